The standard InChI is InChI=1S/C21H18N2O7S/c1-2-29-19(24)13-30-17-8-6-14(7-9-17)11-18-20(25)22(21(26)31-18)12-15-4-3-5-16(10-15)23(27)28/h3-11H,2,12-13H2,1H3. The SMILES string of the molecule is CCOC(=O)COc1ccc(C=C2SC(=O)N(Cc3cccc([N+](=O)[O-])c3)C2=O)cc1. The fraction of sp³-hybridized carbons (Fsp3) is 0.190. The molecule has 1 aliphatic rings. The second-order valence-corrected chi connectivity index (χ2v) is 7.35. The van der Waals surface area contributed by atoms with Crippen molar-refractivity contribution in [2.75, 3.05) is 13.2 Å². The Balaban J connectivity index is 1.66. The Kier molecular flexibility index (Phi) is 7.03. The van der Waals surface area contributed by atoms with Gasteiger partial charge in [0.05, 0.1) is 23.0 Å². The van der Waals surface area contributed by atoms with Gasteiger partial charge in [-0.05, 0) is 48.0 Å². The highest BCUT2D eigenvalue weighted by atomic mass is 32.2. The number of amides is 2. The summed E-state index contributed by atoms with van der Waals surface area (Å²) in [5.74, 6) is -0.475. The lowest BCUT2D eigenvalue weighted by atomic mass is 10.2. The van der Waals surface area contributed by atoms with Gasteiger partial charge in [-0.1, -0.05) is 24.3 Å². The number of rotatable bonds is 8. The minimum atomic E-state index is -0.530. The molecular formula is C21H18N2O7S. The summed E-state index contributed by atoms with van der Waals surface area (Å²) in [6.45, 7) is 1.73. The predicted octanol–water partition coefficient (Wildman–Crippen LogP) is 3.77. The molecule has 0 aliphatic carbocycles. The molecule has 9 nitrogen and oxygen atoms in total. The highest BCUT2D eigenvalue weighted by Crippen LogP contribution is 2.33. The zero-order valence-corrected chi connectivity index (χ0v) is 17.3. The Morgan fingerprint density at radius 2 is 1.94 bits per heavy atom. The van der Waals surface area contributed by atoms with Gasteiger partial charge >= 0.3 is 5.97 Å². The monoisotopic (exact) mass is 442 g/mol. The lowest BCUT2D eigenvalue weighted by Crippen LogP contribution is -2.27. The maximum Gasteiger partial charge on any atom is 0.344 e. The van der Waals surface area contributed by atoms with Gasteiger partial charge < -0.3 is 9.47 Å². The smallest absolute Gasteiger partial charge is 0.344 e. The third-order valence-corrected chi connectivity index (χ3v) is 5.08. The van der Waals surface area contributed by atoms with Gasteiger partial charge in [0.1, 0.15) is 5.75 Å². The molecule has 0 bridgehead atoms. The maximum absolute atomic E-state index is 12.7. The number of hydrogen-bond donors (Lipinski definition) is 0. The van der Waals surface area contributed by atoms with Crippen LogP contribution in [0.25, 0.3) is 6.08 Å². The molecule has 1 heterocycles. The van der Waals surface area contributed by atoms with Crippen LogP contribution in [0.15, 0.2) is 53.4 Å². The number of esters is 1. The van der Waals surface area contributed by atoms with Crippen molar-refractivity contribution >= 4 is 40.6 Å². The Labute approximate surface area is 181 Å². The van der Waals surface area contributed by atoms with E-state index in [0.717, 1.165) is 16.7 Å². The third kappa shape index (κ3) is 5.70. The summed E-state index contributed by atoms with van der Waals surface area (Å²) < 4.78 is 10.1. The number of thioether (sulfide) groups is 1. The van der Waals surface area contributed by atoms with Crippen molar-refractivity contribution < 1.29 is 28.8 Å². The van der Waals surface area contributed by atoms with Crippen molar-refractivity contribution in [2.45, 2.75) is 13.5 Å². The van der Waals surface area contributed by atoms with Gasteiger partial charge in [0.15, 0.2) is 6.61 Å². The average Bonchev–Trinajstić information content (AvgIpc) is 3.01. The van der Waals surface area contributed by atoms with Crippen LogP contribution in [0.5, 0.6) is 5.75 Å². The number of hydrogen-bond acceptors (Lipinski definition) is 8. The van der Waals surface area contributed by atoms with Crippen LogP contribution in [0, 0.1) is 10.1 Å². The van der Waals surface area contributed by atoms with Crippen LogP contribution in [0.1, 0.15) is 18.1 Å². The molecule has 1 saturated heterocycles. The van der Waals surface area contributed by atoms with Gasteiger partial charge in [-0.3, -0.25) is 24.6 Å². The third-order valence-electron chi connectivity index (χ3n) is 4.18. The molecule has 2 aromatic carbocycles. The molecule has 3 rings (SSSR count). The first-order chi connectivity index (χ1) is 14.9. The molecule has 160 valence electrons. The normalized spacial score (nSPS) is 14.7. The number of nitro benzene ring substituents is 1. The van der Waals surface area contributed by atoms with Crippen molar-refractivity contribution in [3.63, 3.8) is 0 Å². The van der Waals surface area contributed by atoms with E-state index in [1.807, 2.05) is 0 Å². The van der Waals surface area contributed by atoms with Gasteiger partial charge in [0, 0.05) is 12.1 Å². The Bertz CT molecular complexity index is 1050. The van der Waals surface area contributed by atoms with Crippen LogP contribution in [0.2, 0.25) is 0 Å². The Morgan fingerprint density at radius 1 is 1.19 bits per heavy atom. The molecule has 1 aliphatic heterocycles. The quantitative estimate of drug-likeness (QED) is 0.262. The molecule has 0 N–H and O–H groups in total. The summed E-state index contributed by atoms with van der Waals surface area (Å²) in [4.78, 5) is 48.0. The summed E-state index contributed by atoms with van der Waals surface area (Å²) in [7, 11) is 0. The van der Waals surface area contributed by atoms with Crippen LogP contribution < -0.4 is 4.74 Å². The van der Waals surface area contributed by atoms with E-state index in [4.69, 9.17) is 9.47 Å². The molecule has 1 fully saturated rings. The van der Waals surface area contributed by atoms with E-state index in [1.165, 1.54) is 18.2 Å². The fourth-order valence-electron chi connectivity index (χ4n) is 2.74. The molecule has 10 heteroatoms. The van der Waals surface area contributed by atoms with Crippen molar-refractivity contribution in [1.82, 2.24) is 4.90 Å². The van der Waals surface area contributed by atoms with Crippen molar-refractivity contribution in [2.24, 2.45) is 0 Å². The lowest BCUT2D eigenvalue weighted by molar-refractivity contribution is -0.384. The van der Waals surface area contributed by atoms with Crippen LogP contribution in [0.4, 0.5) is 10.5 Å². The number of carbonyl (C=O) groups is 3. The van der Waals surface area contributed by atoms with Crippen molar-refractivity contribution in [1.29, 1.82) is 0 Å². The van der Waals surface area contributed by atoms with Crippen molar-refractivity contribution in [3.05, 3.63) is 74.7 Å². The second kappa shape index (κ2) is 9.90. The van der Waals surface area contributed by atoms with E-state index in [2.05, 4.69) is 0 Å². The largest absolute Gasteiger partial charge is 0.482 e. The first-order valence-corrected chi connectivity index (χ1v) is 10.1. The number of ether oxygens (including phenoxy) is 2. The van der Waals surface area contributed by atoms with Gasteiger partial charge in [0.25, 0.3) is 16.8 Å². The minimum Gasteiger partial charge on any atom is -0.482 e. The molecule has 0 unspecified atom stereocenters. The van der Waals surface area contributed by atoms with E-state index in [1.54, 1.807) is 43.3 Å². The highest BCUT2D eigenvalue weighted by molar-refractivity contribution is 8.18. The molecule has 0 spiro atoms. The van der Waals surface area contributed by atoms with E-state index < -0.39 is 22.0 Å². The minimum absolute atomic E-state index is 0.0513. The van der Waals surface area contributed by atoms with Gasteiger partial charge in [0.2, 0.25) is 0 Å². The molecule has 2 aromatic rings. The summed E-state index contributed by atoms with van der Waals surface area (Å²) in [5, 5.41) is 10.5. The van der Waals surface area contributed by atoms with E-state index in [-0.39, 0.29) is 30.4 Å². The number of nitrogens with zero attached hydrogens (tertiary/aromatic N) is 2. The van der Waals surface area contributed by atoms with E-state index in [9.17, 15) is 24.5 Å². The number of imide groups is 1. The predicted molar refractivity (Wildman–Crippen MR) is 113 cm³/mol. The van der Waals surface area contributed by atoms with Crippen LogP contribution in [-0.4, -0.2) is 40.2 Å². The molecule has 0 aromatic heterocycles. The Morgan fingerprint density at radius 3 is 2.61 bits per heavy atom. The van der Waals surface area contributed by atoms with Gasteiger partial charge in [-0.2, -0.15) is 0 Å². The molecule has 0 radical (unpaired) electrons. The van der Waals surface area contributed by atoms with E-state index in [0.29, 0.717) is 16.9 Å². The Hall–Kier alpha value is -3.66. The molecule has 0 saturated carbocycles. The molecule has 0 atom stereocenters. The van der Waals surface area contributed by atoms with Crippen LogP contribution >= 0.6 is 11.8 Å². The first kappa shape index (κ1) is 22.0. The summed E-state index contributed by atoms with van der Waals surface area (Å²) in [5.41, 5.74) is 1.05. The number of nitro groups is 1. The zero-order chi connectivity index (χ0) is 22.4. The molecular weight excluding hydrogens is 424 g/mol. The average molecular weight is 442 g/mol. The lowest BCUT2D eigenvalue weighted by Gasteiger charge is -2.12. The second-order valence-electron chi connectivity index (χ2n) is 6.36. The number of non-ortho nitro benzene ring substituents is 1. The van der Waals surface area contributed by atoms with Crippen molar-refractivity contribution in [3.8, 4) is 5.75 Å². The zero-order valence-electron chi connectivity index (χ0n) is 16.5. The first-order valence-electron chi connectivity index (χ1n) is 9.24. The number of carbonyl (C=O) groups excluding carboxylic acids is 3. The number of benzene rings is 2. The van der Waals surface area contributed by atoms with Crippen LogP contribution in [0.3, 0.4) is 0 Å². The fourth-order valence-corrected chi connectivity index (χ4v) is 3.58. The van der Waals surface area contributed by atoms with E-state index >= 15 is 0 Å². The van der Waals surface area contributed by atoms with Crippen LogP contribution in [-0.2, 0) is 20.9 Å². The summed E-state index contributed by atoms with van der Waals surface area (Å²) in [6.07, 6.45) is 1.58. The summed E-state index contributed by atoms with van der Waals surface area (Å²) >= 11 is 0.802. The highest BCUT2D eigenvalue weighted by Gasteiger charge is 2.35. The maximum atomic E-state index is 12.7. The summed E-state index contributed by atoms with van der Waals surface area (Å²) in [6, 6.07) is 12.5. The topological polar surface area (TPSA) is 116 Å². The molecule has 31 heavy (non-hydrogen) atoms. The van der Waals surface area contributed by atoms with Gasteiger partial charge in [-0.15, -0.1) is 0 Å². The van der Waals surface area contributed by atoms with Gasteiger partial charge in [-0.25, -0.2) is 4.79 Å². The molecule has 2 amide bonds.